The van der Waals surface area contributed by atoms with E-state index in [9.17, 15) is 14.9 Å². The standard InChI is InChI=1S/C15H19N5O4/c1-12(19-10-13(9-16-19)20(22)23)15(21)18-6-4-17(5-7-18)11-14-3-2-8-24-14/h2-3,8-10,12H,4-7,11H2,1H3. The first kappa shape index (κ1) is 16.2. The number of piperazine rings is 1. The van der Waals surface area contributed by atoms with E-state index in [0.29, 0.717) is 13.1 Å². The molecule has 24 heavy (non-hydrogen) atoms. The van der Waals surface area contributed by atoms with Crippen LogP contribution in [0.3, 0.4) is 0 Å². The Labute approximate surface area is 138 Å². The Bertz CT molecular complexity index is 703. The Morgan fingerprint density at radius 2 is 2.17 bits per heavy atom. The number of hydrogen-bond acceptors (Lipinski definition) is 6. The first-order chi connectivity index (χ1) is 11.5. The van der Waals surface area contributed by atoms with E-state index >= 15 is 0 Å². The first-order valence-electron chi connectivity index (χ1n) is 7.76. The predicted molar refractivity (Wildman–Crippen MR) is 84.2 cm³/mol. The van der Waals surface area contributed by atoms with Crippen LogP contribution in [-0.4, -0.2) is 56.6 Å². The van der Waals surface area contributed by atoms with Crippen LogP contribution in [0.2, 0.25) is 0 Å². The van der Waals surface area contributed by atoms with Gasteiger partial charge < -0.3 is 9.32 Å². The first-order valence-corrected chi connectivity index (χ1v) is 7.76. The Morgan fingerprint density at radius 3 is 2.75 bits per heavy atom. The van der Waals surface area contributed by atoms with Crippen molar-refractivity contribution in [3.05, 3.63) is 46.7 Å². The molecule has 0 bridgehead atoms. The molecule has 2 aromatic heterocycles. The molecule has 1 fully saturated rings. The average Bonchev–Trinajstić information content (AvgIpc) is 3.26. The van der Waals surface area contributed by atoms with Crippen LogP contribution in [0, 0.1) is 10.1 Å². The van der Waals surface area contributed by atoms with Gasteiger partial charge in [0.25, 0.3) is 0 Å². The Morgan fingerprint density at radius 1 is 1.42 bits per heavy atom. The summed E-state index contributed by atoms with van der Waals surface area (Å²) in [4.78, 5) is 26.8. The molecule has 1 amide bonds. The SMILES string of the molecule is CC(C(=O)N1CCN(Cc2ccco2)CC1)n1cc([N+](=O)[O-])cn1. The second-order valence-corrected chi connectivity index (χ2v) is 5.79. The van der Waals surface area contributed by atoms with Crippen molar-refractivity contribution in [2.75, 3.05) is 26.2 Å². The lowest BCUT2D eigenvalue weighted by atomic mass is 10.2. The maximum atomic E-state index is 12.6. The van der Waals surface area contributed by atoms with Gasteiger partial charge in [0.15, 0.2) is 0 Å². The molecule has 0 spiro atoms. The van der Waals surface area contributed by atoms with Gasteiger partial charge in [-0.25, -0.2) is 0 Å². The topological polar surface area (TPSA) is 97.7 Å². The summed E-state index contributed by atoms with van der Waals surface area (Å²) in [5.41, 5.74) is -0.113. The molecule has 1 aliphatic rings. The highest BCUT2D eigenvalue weighted by Gasteiger charge is 2.27. The molecular weight excluding hydrogens is 314 g/mol. The van der Waals surface area contributed by atoms with E-state index in [2.05, 4.69) is 10.00 Å². The fraction of sp³-hybridized carbons (Fsp3) is 0.467. The molecule has 0 radical (unpaired) electrons. The van der Waals surface area contributed by atoms with Crippen molar-refractivity contribution in [2.24, 2.45) is 0 Å². The highest BCUT2D eigenvalue weighted by Crippen LogP contribution is 2.16. The zero-order valence-corrected chi connectivity index (χ0v) is 13.4. The van der Waals surface area contributed by atoms with Gasteiger partial charge in [0.2, 0.25) is 5.91 Å². The van der Waals surface area contributed by atoms with E-state index in [0.717, 1.165) is 31.6 Å². The van der Waals surface area contributed by atoms with Crippen molar-refractivity contribution in [3.8, 4) is 0 Å². The summed E-state index contributed by atoms with van der Waals surface area (Å²) >= 11 is 0. The molecule has 0 aliphatic carbocycles. The number of aromatic nitrogens is 2. The van der Waals surface area contributed by atoms with Crippen molar-refractivity contribution in [1.82, 2.24) is 19.6 Å². The van der Waals surface area contributed by atoms with Gasteiger partial charge in [-0.15, -0.1) is 0 Å². The predicted octanol–water partition coefficient (Wildman–Crippen LogP) is 1.29. The van der Waals surface area contributed by atoms with Crippen LogP contribution < -0.4 is 0 Å². The van der Waals surface area contributed by atoms with Crippen molar-refractivity contribution >= 4 is 11.6 Å². The van der Waals surface area contributed by atoms with Crippen molar-refractivity contribution < 1.29 is 14.1 Å². The maximum absolute atomic E-state index is 12.6. The zero-order valence-electron chi connectivity index (χ0n) is 13.4. The monoisotopic (exact) mass is 333 g/mol. The third kappa shape index (κ3) is 3.46. The summed E-state index contributed by atoms with van der Waals surface area (Å²) in [5.74, 6) is 0.831. The van der Waals surface area contributed by atoms with Crippen molar-refractivity contribution in [3.63, 3.8) is 0 Å². The molecular formula is C15H19N5O4. The summed E-state index contributed by atoms with van der Waals surface area (Å²) in [7, 11) is 0. The van der Waals surface area contributed by atoms with E-state index < -0.39 is 11.0 Å². The number of carbonyl (C=O) groups is 1. The van der Waals surface area contributed by atoms with Gasteiger partial charge in [-0.3, -0.25) is 24.5 Å². The summed E-state index contributed by atoms with van der Waals surface area (Å²) in [6.45, 7) is 5.20. The molecule has 1 saturated heterocycles. The molecule has 128 valence electrons. The molecule has 0 N–H and O–H groups in total. The van der Waals surface area contributed by atoms with Gasteiger partial charge in [0.05, 0.1) is 17.7 Å². The molecule has 9 nitrogen and oxygen atoms in total. The fourth-order valence-electron chi connectivity index (χ4n) is 2.76. The van der Waals surface area contributed by atoms with Gasteiger partial charge in [0, 0.05) is 26.2 Å². The highest BCUT2D eigenvalue weighted by molar-refractivity contribution is 5.80. The minimum absolute atomic E-state index is 0.0781. The van der Waals surface area contributed by atoms with Crippen molar-refractivity contribution in [2.45, 2.75) is 19.5 Å². The van der Waals surface area contributed by atoms with Gasteiger partial charge in [-0.1, -0.05) is 0 Å². The van der Waals surface area contributed by atoms with E-state index in [-0.39, 0.29) is 11.6 Å². The van der Waals surface area contributed by atoms with Crippen LogP contribution in [0.15, 0.2) is 35.2 Å². The van der Waals surface area contributed by atoms with Crippen LogP contribution in [0.1, 0.15) is 18.7 Å². The average molecular weight is 333 g/mol. The number of carbonyl (C=O) groups excluding carboxylic acids is 1. The van der Waals surface area contributed by atoms with E-state index in [1.54, 1.807) is 18.1 Å². The molecule has 1 aliphatic heterocycles. The highest BCUT2D eigenvalue weighted by atomic mass is 16.6. The van der Waals surface area contributed by atoms with Gasteiger partial charge in [0.1, 0.15) is 24.2 Å². The van der Waals surface area contributed by atoms with E-state index in [4.69, 9.17) is 4.42 Å². The number of furan rings is 1. The second-order valence-electron chi connectivity index (χ2n) is 5.79. The van der Waals surface area contributed by atoms with E-state index in [1.165, 1.54) is 10.9 Å². The molecule has 2 aromatic rings. The van der Waals surface area contributed by atoms with Crippen LogP contribution in [-0.2, 0) is 11.3 Å². The molecule has 1 atom stereocenters. The molecule has 9 heteroatoms. The van der Waals surface area contributed by atoms with Crippen molar-refractivity contribution in [1.29, 1.82) is 0 Å². The number of hydrogen-bond donors (Lipinski definition) is 0. The fourth-order valence-corrected chi connectivity index (χ4v) is 2.76. The summed E-state index contributed by atoms with van der Waals surface area (Å²) in [6, 6.07) is 3.24. The largest absolute Gasteiger partial charge is 0.468 e. The van der Waals surface area contributed by atoms with Crippen LogP contribution in [0.4, 0.5) is 5.69 Å². The minimum Gasteiger partial charge on any atom is -0.468 e. The number of rotatable bonds is 5. The Hall–Kier alpha value is -2.68. The third-order valence-electron chi connectivity index (χ3n) is 4.20. The number of nitrogens with zero attached hydrogens (tertiary/aromatic N) is 5. The van der Waals surface area contributed by atoms with Crippen LogP contribution in [0.5, 0.6) is 0 Å². The smallest absolute Gasteiger partial charge is 0.307 e. The summed E-state index contributed by atoms with van der Waals surface area (Å²) in [6.07, 6.45) is 4.10. The third-order valence-corrected chi connectivity index (χ3v) is 4.20. The lowest BCUT2D eigenvalue weighted by Gasteiger charge is -2.35. The molecule has 0 saturated carbocycles. The molecule has 3 heterocycles. The molecule has 3 rings (SSSR count). The van der Waals surface area contributed by atoms with E-state index in [1.807, 2.05) is 12.1 Å². The van der Waals surface area contributed by atoms with Gasteiger partial charge >= 0.3 is 5.69 Å². The number of amides is 1. The molecule has 1 unspecified atom stereocenters. The lowest BCUT2D eigenvalue weighted by molar-refractivity contribution is -0.385. The molecule has 0 aromatic carbocycles. The van der Waals surface area contributed by atoms with Gasteiger partial charge in [-0.2, -0.15) is 5.10 Å². The van der Waals surface area contributed by atoms with Gasteiger partial charge in [-0.05, 0) is 19.1 Å². The second kappa shape index (κ2) is 6.83. The Kier molecular flexibility index (Phi) is 4.61. The van der Waals surface area contributed by atoms with Crippen LogP contribution in [0.25, 0.3) is 0 Å². The number of nitro groups is 1. The summed E-state index contributed by atoms with van der Waals surface area (Å²) in [5, 5.41) is 14.6. The normalized spacial score (nSPS) is 17.0. The lowest BCUT2D eigenvalue weighted by Crippen LogP contribution is -2.49. The minimum atomic E-state index is -0.560. The Balaban J connectivity index is 1.55. The zero-order chi connectivity index (χ0) is 17.1. The maximum Gasteiger partial charge on any atom is 0.307 e. The summed E-state index contributed by atoms with van der Waals surface area (Å²) < 4.78 is 6.68. The van der Waals surface area contributed by atoms with Crippen LogP contribution >= 0.6 is 0 Å². The quantitative estimate of drug-likeness (QED) is 0.604.